The van der Waals surface area contributed by atoms with E-state index in [0.29, 0.717) is 12.6 Å². The van der Waals surface area contributed by atoms with Crippen molar-refractivity contribution in [2.45, 2.75) is 25.8 Å². The number of hydrogen-bond donors (Lipinski definition) is 1. The van der Waals surface area contributed by atoms with Crippen LogP contribution < -0.4 is 5.43 Å². The number of hydrazine groups is 1. The summed E-state index contributed by atoms with van der Waals surface area (Å²) in [6, 6.07) is 0.529. The van der Waals surface area contributed by atoms with Gasteiger partial charge in [-0.05, 0) is 19.8 Å². The van der Waals surface area contributed by atoms with Crippen molar-refractivity contribution in [2.24, 2.45) is 0 Å². The molecule has 0 spiro atoms. The highest BCUT2D eigenvalue weighted by Gasteiger charge is 2.30. The molecule has 0 aliphatic heterocycles. The van der Waals surface area contributed by atoms with Crippen LogP contribution in [-0.4, -0.2) is 49.0 Å². The molecule has 4 heteroatoms. The van der Waals surface area contributed by atoms with Crippen LogP contribution in [0.4, 0.5) is 0 Å². The van der Waals surface area contributed by atoms with Crippen LogP contribution in [0.2, 0.25) is 0 Å². The van der Waals surface area contributed by atoms with Crippen LogP contribution >= 0.6 is 0 Å². The van der Waals surface area contributed by atoms with E-state index in [9.17, 15) is 4.79 Å². The van der Waals surface area contributed by atoms with Crippen molar-refractivity contribution in [1.29, 1.82) is 0 Å². The lowest BCUT2D eigenvalue weighted by Crippen LogP contribution is -2.43. The Hall–Kier alpha value is -0.610. The molecule has 0 atom stereocenters. The van der Waals surface area contributed by atoms with Crippen molar-refractivity contribution in [3.05, 3.63) is 0 Å². The summed E-state index contributed by atoms with van der Waals surface area (Å²) in [6.07, 6.45) is 2.36. The van der Waals surface area contributed by atoms with E-state index in [1.807, 2.05) is 25.9 Å². The van der Waals surface area contributed by atoms with Gasteiger partial charge in [0.1, 0.15) is 0 Å². The molecule has 1 saturated carbocycles. The second kappa shape index (κ2) is 4.58. The molecule has 1 aliphatic rings. The molecule has 0 aromatic rings. The van der Waals surface area contributed by atoms with Crippen molar-refractivity contribution in [3.8, 4) is 0 Å². The van der Waals surface area contributed by atoms with Crippen molar-refractivity contribution in [2.75, 3.05) is 27.2 Å². The Labute approximate surface area is 79.9 Å². The van der Waals surface area contributed by atoms with Gasteiger partial charge in [-0.2, -0.15) is 0 Å². The molecule has 0 bridgehead atoms. The third kappa shape index (κ3) is 3.32. The molecule has 76 valence electrons. The van der Waals surface area contributed by atoms with E-state index in [0.717, 1.165) is 6.54 Å². The van der Waals surface area contributed by atoms with Gasteiger partial charge in [0, 0.05) is 26.7 Å². The van der Waals surface area contributed by atoms with E-state index in [2.05, 4.69) is 5.43 Å². The first-order chi connectivity index (χ1) is 6.15. The number of likely N-dealkylation sites (N-methyl/N-ethyl adjacent to an activating group) is 1. The number of amides is 1. The summed E-state index contributed by atoms with van der Waals surface area (Å²) in [5, 5.41) is 1.80. The molecule has 0 heterocycles. The molecule has 1 N–H and O–H groups in total. The minimum atomic E-state index is 0.207. The number of nitrogens with one attached hydrogen (secondary N) is 1. The van der Waals surface area contributed by atoms with Gasteiger partial charge >= 0.3 is 0 Å². The van der Waals surface area contributed by atoms with Crippen LogP contribution in [0.5, 0.6) is 0 Å². The number of carbonyl (C=O) groups excluding carboxylic acids is 1. The van der Waals surface area contributed by atoms with E-state index in [4.69, 9.17) is 0 Å². The zero-order valence-corrected chi connectivity index (χ0v) is 8.71. The first kappa shape index (κ1) is 10.5. The van der Waals surface area contributed by atoms with Gasteiger partial charge < -0.3 is 4.90 Å². The van der Waals surface area contributed by atoms with E-state index in [-0.39, 0.29) is 5.91 Å². The predicted octanol–water partition coefficient (Wildman–Crippen LogP) is 0.0635. The maximum atomic E-state index is 11.6. The minimum Gasteiger partial charge on any atom is -0.339 e. The summed E-state index contributed by atoms with van der Waals surface area (Å²) >= 11 is 0. The van der Waals surface area contributed by atoms with Crippen molar-refractivity contribution in [1.82, 2.24) is 15.3 Å². The second-order valence-electron chi connectivity index (χ2n) is 3.64. The topological polar surface area (TPSA) is 35.6 Å². The van der Waals surface area contributed by atoms with Gasteiger partial charge in [-0.15, -0.1) is 0 Å². The lowest BCUT2D eigenvalue weighted by molar-refractivity contribution is -0.131. The average molecular weight is 185 g/mol. The van der Waals surface area contributed by atoms with Gasteiger partial charge in [-0.25, -0.2) is 5.43 Å². The summed E-state index contributed by atoms with van der Waals surface area (Å²) < 4.78 is 0. The van der Waals surface area contributed by atoms with Gasteiger partial charge in [0.05, 0.1) is 6.54 Å². The Morgan fingerprint density at radius 1 is 1.46 bits per heavy atom. The number of nitrogens with zero attached hydrogens (tertiary/aromatic N) is 2. The zero-order valence-electron chi connectivity index (χ0n) is 8.71. The normalized spacial score (nSPS) is 16.3. The average Bonchev–Trinajstić information content (AvgIpc) is 2.86. The molecule has 4 nitrogen and oxygen atoms in total. The number of carbonyl (C=O) groups is 1. The Bertz CT molecular complexity index is 178. The summed E-state index contributed by atoms with van der Waals surface area (Å²) in [7, 11) is 3.78. The fourth-order valence-electron chi connectivity index (χ4n) is 1.35. The molecule has 1 aliphatic carbocycles. The highest BCUT2D eigenvalue weighted by Crippen LogP contribution is 2.26. The molecule has 1 fully saturated rings. The first-order valence-electron chi connectivity index (χ1n) is 4.85. The maximum Gasteiger partial charge on any atom is 0.238 e. The van der Waals surface area contributed by atoms with Crippen molar-refractivity contribution in [3.63, 3.8) is 0 Å². The predicted molar refractivity (Wildman–Crippen MR) is 52.1 cm³/mol. The van der Waals surface area contributed by atoms with Crippen LogP contribution in [0.25, 0.3) is 0 Å². The highest BCUT2D eigenvalue weighted by molar-refractivity contribution is 5.78. The Morgan fingerprint density at radius 3 is 2.46 bits per heavy atom. The molecule has 0 radical (unpaired) electrons. The van der Waals surface area contributed by atoms with Gasteiger partial charge in [0.25, 0.3) is 0 Å². The molecule has 0 saturated heterocycles. The van der Waals surface area contributed by atoms with E-state index in [1.54, 1.807) is 5.01 Å². The smallest absolute Gasteiger partial charge is 0.238 e. The molecule has 0 unspecified atom stereocenters. The molecule has 0 aromatic heterocycles. The van der Waals surface area contributed by atoms with E-state index >= 15 is 0 Å². The van der Waals surface area contributed by atoms with Gasteiger partial charge in [-0.1, -0.05) is 0 Å². The molecule has 0 aromatic carbocycles. The molecule has 1 amide bonds. The van der Waals surface area contributed by atoms with E-state index < -0.39 is 0 Å². The Morgan fingerprint density at radius 2 is 2.08 bits per heavy atom. The van der Waals surface area contributed by atoms with Crippen molar-refractivity contribution < 1.29 is 4.79 Å². The quantitative estimate of drug-likeness (QED) is 0.615. The van der Waals surface area contributed by atoms with Crippen LogP contribution in [0.15, 0.2) is 0 Å². The first-order valence-corrected chi connectivity index (χ1v) is 4.85. The van der Waals surface area contributed by atoms with Crippen molar-refractivity contribution >= 4 is 5.91 Å². The fourth-order valence-corrected chi connectivity index (χ4v) is 1.35. The summed E-state index contributed by atoms with van der Waals surface area (Å²) in [5.41, 5.74) is 2.98. The number of rotatable bonds is 5. The second-order valence-corrected chi connectivity index (χ2v) is 3.64. The standard InChI is InChI=1S/C9H19N3O/c1-4-12(8-5-6-8)9(13)7-10-11(2)3/h8,10H,4-7H2,1-3H3. The van der Waals surface area contributed by atoms with Gasteiger partial charge in [0.2, 0.25) is 5.91 Å². The summed E-state index contributed by atoms with van der Waals surface area (Å²) in [6.45, 7) is 3.28. The summed E-state index contributed by atoms with van der Waals surface area (Å²) in [4.78, 5) is 13.6. The Balaban J connectivity index is 2.27. The third-order valence-corrected chi connectivity index (χ3v) is 2.20. The molecule has 1 rings (SSSR count). The largest absolute Gasteiger partial charge is 0.339 e. The third-order valence-electron chi connectivity index (χ3n) is 2.20. The SMILES string of the molecule is CCN(C(=O)CNN(C)C)C1CC1. The zero-order chi connectivity index (χ0) is 9.84. The van der Waals surface area contributed by atoms with Crippen LogP contribution in [0, 0.1) is 0 Å². The Kier molecular flexibility index (Phi) is 3.69. The maximum absolute atomic E-state index is 11.6. The lowest BCUT2D eigenvalue weighted by atomic mass is 10.4. The fraction of sp³-hybridized carbons (Fsp3) is 0.889. The molecular weight excluding hydrogens is 166 g/mol. The molecular formula is C9H19N3O. The lowest BCUT2D eigenvalue weighted by Gasteiger charge is -2.21. The van der Waals surface area contributed by atoms with E-state index in [1.165, 1.54) is 12.8 Å². The minimum absolute atomic E-state index is 0.207. The van der Waals surface area contributed by atoms with Crippen LogP contribution in [0.1, 0.15) is 19.8 Å². The highest BCUT2D eigenvalue weighted by atomic mass is 16.2. The van der Waals surface area contributed by atoms with Crippen LogP contribution in [0.3, 0.4) is 0 Å². The van der Waals surface area contributed by atoms with Gasteiger partial charge in [0.15, 0.2) is 0 Å². The number of hydrogen-bond acceptors (Lipinski definition) is 3. The van der Waals surface area contributed by atoms with Crippen LogP contribution in [-0.2, 0) is 4.79 Å². The molecule has 13 heavy (non-hydrogen) atoms. The monoisotopic (exact) mass is 185 g/mol. The summed E-state index contributed by atoms with van der Waals surface area (Å²) in [5.74, 6) is 0.207. The van der Waals surface area contributed by atoms with Gasteiger partial charge in [-0.3, -0.25) is 9.80 Å².